The van der Waals surface area contributed by atoms with Gasteiger partial charge in [0.15, 0.2) is 0 Å². The molecule has 28 heavy (non-hydrogen) atoms. The molecule has 4 unspecified atom stereocenters. The highest BCUT2D eigenvalue weighted by Gasteiger charge is 2.83. The van der Waals surface area contributed by atoms with E-state index in [-0.39, 0.29) is 28.2 Å². The molecule has 7 aliphatic rings. The monoisotopic (exact) mass is 384 g/mol. The van der Waals surface area contributed by atoms with Crippen molar-refractivity contribution in [1.29, 1.82) is 0 Å². The molecule has 0 radical (unpaired) electrons. The molecule has 1 N–H and O–H groups in total. The van der Waals surface area contributed by atoms with Gasteiger partial charge in [0.25, 0.3) is 0 Å². The van der Waals surface area contributed by atoms with E-state index in [0.29, 0.717) is 54.8 Å². The van der Waals surface area contributed by atoms with Gasteiger partial charge < -0.3 is 9.84 Å². The molecule has 11 atom stereocenters. The second-order valence-corrected chi connectivity index (χ2v) is 12.1. The van der Waals surface area contributed by atoms with Gasteiger partial charge in [0.1, 0.15) is 11.4 Å². The van der Waals surface area contributed by atoms with Crippen molar-refractivity contribution in [2.75, 3.05) is 0 Å². The summed E-state index contributed by atoms with van der Waals surface area (Å²) in [6.07, 6.45) is 8.04. The van der Waals surface area contributed by atoms with Gasteiger partial charge in [-0.3, -0.25) is 9.59 Å². The summed E-state index contributed by atoms with van der Waals surface area (Å²) in [6.45, 7) is 4.77. The number of rotatable bonds is 0. The normalized spacial score (nSPS) is 65.8. The maximum atomic E-state index is 12.3. The molecular weight excluding hydrogens is 352 g/mol. The average molecular weight is 385 g/mol. The Labute approximate surface area is 166 Å². The lowest BCUT2D eigenvalue weighted by Gasteiger charge is -2.64. The highest BCUT2D eigenvalue weighted by Crippen LogP contribution is 2.83. The van der Waals surface area contributed by atoms with E-state index >= 15 is 0 Å². The number of aliphatic hydroxyl groups is 1. The molecule has 1 saturated heterocycles. The molecule has 0 bridgehead atoms. The van der Waals surface area contributed by atoms with Crippen molar-refractivity contribution in [2.24, 2.45) is 52.3 Å². The highest BCUT2D eigenvalue weighted by atomic mass is 16.6. The molecule has 7 rings (SSSR count). The summed E-state index contributed by atoms with van der Waals surface area (Å²) in [5.74, 6) is 4.36. The van der Waals surface area contributed by atoms with Gasteiger partial charge in [-0.2, -0.15) is 0 Å². The first-order chi connectivity index (χ1) is 13.3. The number of Topliss-reactive ketones (excluding diaryl/α,β-unsaturated/α-hetero) is 1. The molecule has 0 aromatic heterocycles. The molecule has 1 heterocycles. The number of hydrogen-bond donors (Lipinski definition) is 1. The summed E-state index contributed by atoms with van der Waals surface area (Å²) < 4.78 is 6.20. The first kappa shape index (κ1) is 16.8. The van der Waals surface area contributed by atoms with Crippen LogP contribution in [0, 0.1) is 52.3 Å². The fraction of sp³-hybridized carbons (Fsp3) is 0.917. The van der Waals surface area contributed by atoms with E-state index in [1.54, 1.807) is 0 Å². The Morgan fingerprint density at radius 1 is 0.929 bits per heavy atom. The van der Waals surface area contributed by atoms with Crippen molar-refractivity contribution >= 4 is 11.8 Å². The van der Waals surface area contributed by atoms with Crippen molar-refractivity contribution in [3.63, 3.8) is 0 Å². The zero-order valence-electron chi connectivity index (χ0n) is 17.1. The Hall–Kier alpha value is -0.900. The van der Waals surface area contributed by atoms with Crippen LogP contribution in [-0.2, 0) is 14.3 Å². The van der Waals surface area contributed by atoms with Crippen molar-refractivity contribution in [2.45, 2.75) is 82.8 Å². The number of ether oxygens (including phenoxy) is 1. The Balaban J connectivity index is 1.32. The predicted molar refractivity (Wildman–Crippen MR) is 101 cm³/mol. The van der Waals surface area contributed by atoms with E-state index in [0.717, 1.165) is 38.0 Å². The van der Waals surface area contributed by atoms with Crippen LogP contribution in [0.4, 0.5) is 0 Å². The molecule has 152 valence electrons. The third kappa shape index (κ3) is 1.55. The zero-order valence-corrected chi connectivity index (χ0v) is 17.1. The molecule has 1 aliphatic heterocycles. The third-order valence-electron chi connectivity index (χ3n) is 11.6. The topological polar surface area (TPSA) is 63.6 Å². The van der Waals surface area contributed by atoms with Crippen LogP contribution in [0.15, 0.2) is 0 Å². The molecule has 0 aromatic rings. The number of hydrogen-bond acceptors (Lipinski definition) is 4. The number of carbonyl (C=O) groups excluding carboxylic acids is 2. The molecule has 0 aromatic carbocycles. The Morgan fingerprint density at radius 3 is 2.46 bits per heavy atom. The summed E-state index contributed by atoms with van der Waals surface area (Å²) in [5, 5.41) is 11.8. The van der Waals surface area contributed by atoms with Gasteiger partial charge in [0.05, 0.1) is 5.60 Å². The lowest BCUT2D eigenvalue weighted by atomic mass is 9.42. The summed E-state index contributed by atoms with van der Waals surface area (Å²) in [6, 6.07) is 0. The molecule has 6 aliphatic carbocycles. The Morgan fingerprint density at radius 2 is 1.71 bits per heavy atom. The van der Waals surface area contributed by atoms with Crippen molar-refractivity contribution in [3.05, 3.63) is 0 Å². The smallest absolute Gasteiger partial charge is 0.306 e. The summed E-state index contributed by atoms with van der Waals surface area (Å²) in [5.41, 5.74) is -0.943. The van der Waals surface area contributed by atoms with E-state index < -0.39 is 5.60 Å². The first-order valence-corrected chi connectivity index (χ1v) is 11.7. The molecule has 1 spiro atoms. The van der Waals surface area contributed by atoms with Crippen molar-refractivity contribution in [3.8, 4) is 0 Å². The second-order valence-electron chi connectivity index (χ2n) is 12.1. The number of carbonyl (C=O) groups is 2. The average Bonchev–Trinajstić information content (AvgIpc) is 3.54. The standard InChI is InChI=1S/C24H32O4/c1-21-6-3-12(25)11-23(21,27)16-9-13(16)19-15(21)4-7-22(2)20(19)14-10-17(14)24(22)8-5-18(26)28-24/h13-17,19-20,27H,3-11H2,1-2H3/t13?,14-,15?,16-,17+,19?,20?,21-,22+,23-,24+/m1/s1. The minimum absolute atomic E-state index is 0.0229. The van der Waals surface area contributed by atoms with E-state index in [9.17, 15) is 14.7 Å². The maximum absolute atomic E-state index is 12.3. The molecular formula is C24H32O4. The molecule has 4 heteroatoms. The summed E-state index contributed by atoms with van der Waals surface area (Å²) >= 11 is 0. The minimum atomic E-state index is -0.763. The van der Waals surface area contributed by atoms with Gasteiger partial charge >= 0.3 is 5.97 Å². The van der Waals surface area contributed by atoms with Crippen LogP contribution in [0.3, 0.4) is 0 Å². The van der Waals surface area contributed by atoms with Crippen LogP contribution in [0.5, 0.6) is 0 Å². The highest BCUT2D eigenvalue weighted by molar-refractivity contribution is 5.81. The summed E-state index contributed by atoms with van der Waals surface area (Å²) in [7, 11) is 0. The van der Waals surface area contributed by atoms with Crippen LogP contribution >= 0.6 is 0 Å². The lowest BCUT2D eigenvalue weighted by molar-refractivity contribution is -0.223. The number of ketones is 1. The van der Waals surface area contributed by atoms with Crippen LogP contribution in [0.25, 0.3) is 0 Å². The number of esters is 1. The Kier molecular flexibility index (Phi) is 2.74. The Bertz CT molecular complexity index is 821. The predicted octanol–water partition coefficient (Wildman–Crippen LogP) is 3.50. The molecule has 0 amide bonds. The second kappa shape index (κ2) is 4.55. The number of fused-ring (bicyclic) bond motifs is 12. The SMILES string of the molecule is C[C@]12CCC3C(C4C[C@H]4[C@]4(O)CC(=O)CC[C@]34C)C1[C@@H]1C[C@@H]1[C@@]21CCC(=O)O1. The van der Waals surface area contributed by atoms with Crippen molar-refractivity contribution in [1.82, 2.24) is 0 Å². The van der Waals surface area contributed by atoms with E-state index in [1.165, 1.54) is 6.42 Å². The minimum Gasteiger partial charge on any atom is -0.458 e. The van der Waals surface area contributed by atoms with Gasteiger partial charge in [-0.15, -0.1) is 0 Å². The van der Waals surface area contributed by atoms with Gasteiger partial charge in [0.2, 0.25) is 0 Å². The fourth-order valence-corrected chi connectivity index (χ4v) is 10.3. The van der Waals surface area contributed by atoms with E-state index in [1.807, 2.05) is 0 Å². The van der Waals surface area contributed by atoms with Crippen LogP contribution in [-0.4, -0.2) is 28.1 Å². The molecule has 7 fully saturated rings. The van der Waals surface area contributed by atoms with Crippen LogP contribution in [0.2, 0.25) is 0 Å². The molecule has 6 saturated carbocycles. The fourth-order valence-electron chi connectivity index (χ4n) is 10.3. The van der Waals surface area contributed by atoms with E-state index in [2.05, 4.69) is 13.8 Å². The molecule has 4 nitrogen and oxygen atoms in total. The maximum Gasteiger partial charge on any atom is 0.306 e. The van der Waals surface area contributed by atoms with Gasteiger partial charge in [-0.05, 0) is 74.0 Å². The van der Waals surface area contributed by atoms with E-state index in [4.69, 9.17) is 4.74 Å². The quantitative estimate of drug-likeness (QED) is 0.649. The lowest BCUT2D eigenvalue weighted by Crippen LogP contribution is -2.65. The van der Waals surface area contributed by atoms with Crippen molar-refractivity contribution < 1.29 is 19.4 Å². The van der Waals surface area contributed by atoms with Gasteiger partial charge in [-0.25, -0.2) is 0 Å². The third-order valence-corrected chi connectivity index (χ3v) is 11.6. The largest absolute Gasteiger partial charge is 0.458 e. The van der Waals surface area contributed by atoms with Gasteiger partial charge in [0, 0.05) is 36.0 Å². The van der Waals surface area contributed by atoms with Crippen LogP contribution in [0.1, 0.15) is 71.6 Å². The van der Waals surface area contributed by atoms with Gasteiger partial charge in [-0.1, -0.05) is 13.8 Å². The first-order valence-electron chi connectivity index (χ1n) is 11.7. The van der Waals surface area contributed by atoms with Crippen LogP contribution < -0.4 is 0 Å². The zero-order chi connectivity index (χ0) is 19.3. The summed E-state index contributed by atoms with van der Waals surface area (Å²) in [4.78, 5) is 24.4.